The summed E-state index contributed by atoms with van der Waals surface area (Å²) in [6, 6.07) is 17.2. The minimum atomic E-state index is 0.0119. The molecule has 0 saturated heterocycles. The molecule has 1 aromatic heterocycles. The third-order valence-corrected chi connectivity index (χ3v) is 4.90. The quantitative estimate of drug-likeness (QED) is 0.665. The number of methoxy groups -OCH3 is 1. The Morgan fingerprint density at radius 2 is 1.89 bits per heavy atom. The molecule has 0 N–H and O–H groups in total. The van der Waals surface area contributed by atoms with Crippen molar-refractivity contribution in [3.8, 4) is 22.8 Å². The van der Waals surface area contributed by atoms with Crippen LogP contribution >= 0.6 is 0 Å². The zero-order valence-corrected chi connectivity index (χ0v) is 16.1. The van der Waals surface area contributed by atoms with E-state index in [9.17, 15) is 4.79 Å². The van der Waals surface area contributed by atoms with Crippen LogP contribution in [0, 0.1) is 6.92 Å². The van der Waals surface area contributed by atoms with E-state index in [-0.39, 0.29) is 5.91 Å². The zero-order chi connectivity index (χ0) is 19.5. The number of fused-ring (bicyclic) bond motifs is 1. The largest absolute Gasteiger partial charge is 0.493 e. The number of para-hydroxylation sites is 1. The highest BCUT2D eigenvalue weighted by molar-refractivity contribution is 5.94. The first-order valence-electron chi connectivity index (χ1n) is 9.40. The first-order chi connectivity index (χ1) is 13.7. The zero-order valence-electron chi connectivity index (χ0n) is 16.1. The number of nitrogens with zero attached hydrogens (tertiary/aromatic N) is 1. The average molecular weight is 377 g/mol. The Morgan fingerprint density at radius 3 is 2.61 bits per heavy atom. The number of furan rings is 1. The second kappa shape index (κ2) is 7.80. The summed E-state index contributed by atoms with van der Waals surface area (Å²) in [4.78, 5) is 15.0. The van der Waals surface area contributed by atoms with Crippen molar-refractivity contribution < 1.29 is 18.7 Å². The maximum Gasteiger partial charge on any atom is 0.254 e. The van der Waals surface area contributed by atoms with Crippen LogP contribution in [0.2, 0.25) is 0 Å². The van der Waals surface area contributed by atoms with Crippen molar-refractivity contribution in [3.63, 3.8) is 0 Å². The predicted octanol–water partition coefficient (Wildman–Crippen LogP) is 4.69. The maximum atomic E-state index is 13.1. The summed E-state index contributed by atoms with van der Waals surface area (Å²) in [6.45, 7) is 3.60. The summed E-state index contributed by atoms with van der Waals surface area (Å²) in [5.74, 6) is 3.11. The van der Waals surface area contributed by atoms with Gasteiger partial charge in [-0.3, -0.25) is 4.79 Å². The summed E-state index contributed by atoms with van der Waals surface area (Å²) in [5.41, 5.74) is 2.58. The molecule has 0 atom stereocenters. The van der Waals surface area contributed by atoms with Crippen molar-refractivity contribution in [2.24, 2.45) is 0 Å². The molecule has 0 saturated carbocycles. The van der Waals surface area contributed by atoms with Gasteiger partial charge in [-0.1, -0.05) is 24.3 Å². The van der Waals surface area contributed by atoms with Gasteiger partial charge >= 0.3 is 0 Å². The Hall–Kier alpha value is -3.21. The normalized spacial score (nSPS) is 13.9. The lowest BCUT2D eigenvalue weighted by molar-refractivity contribution is 0.0721. The monoisotopic (exact) mass is 377 g/mol. The summed E-state index contributed by atoms with van der Waals surface area (Å²) in [7, 11) is 1.63. The molecule has 5 heteroatoms. The number of rotatable bonds is 3. The highest BCUT2D eigenvalue weighted by atomic mass is 16.5. The molecule has 0 aliphatic carbocycles. The molecule has 4 rings (SSSR count). The predicted molar refractivity (Wildman–Crippen MR) is 107 cm³/mol. The van der Waals surface area contributed by atoms with E-state index in [4.69, 9.17) is 13.9 Å². The molecule has 0 unspecified atom stereocenters. The smallest absolute Gasteiger partial charge is 0.254 e. The van der Waals surface area contributed by atoms with Gasteiger partial charge in [-0.15, -0.1) is 0 Å². The van der Waals surface area contributed by atoms with Crippen LogP contribution in [0.3, 0.4) is 0 Å². The molecular weight excluding hydrogens is 354 g/mol. The fraction of sp³-hybridized carbons (Fsp3) is 0.261. The van der Waals surface area contributed by atoms with Crippen LogP contribution in [0.1, 0.15) is 28.1 Å². The van der Waals surface area contributed by atoms with Crippen LogP contribution < -0.4 is 9.47 Å². The first-order valence-corrected chi connectivity index (χ1v) is 9.40. The standard InChI is InChI=1S/C23H23NO4/c1-16-7-12-20(28-16)17-8-10-18(11-9-17)23(25)24-13-4-14-27-22-19(15-24)5-3-6-21(22)26-2/h3,5-12H,4,13-15H2,1-2H3. The SMILES string of the molecule is COc1cccc2c1OCCCN(C(=O)c1ccc(-c3ccc(C)o3)cc1)C2. The van der Waals surface area contributed by atoms with Crippen LogP contribution in [0.15, 0.2) is 59.0 Å². The fourth-order valence-corrected chi connectivity index (χ4v) is 3.45. The average Bonchev–Trinajstić information content (AvgIpc) is 3.14. The van der Waals surface area contributed by atoms with Crippen LogP contribution in [0.25, 0.3) is 11.3 Å². The van der Waals surface area contributed by atoms with E-state index < -0.39 is 0 Å². The fourth-order valence-electron chi connectivity index (χ4n) is 3.45. The molecule has 144 valence electrons. The highest BCUT2D eigenvalue weighted by Gasteiger charge is 2.22. The summed E-state index contributed by atoms with van der Waals surface area (Å²) in [5, 5.41) is 0. The van der Waals surface area contributed by atoms with Gasteiger partial charge in [0.2, 0.25) is 0 Å². The Morgan fingerprint density at radius 1 is 1.07 bits per heavy atom. The van der Waals surface area contributed by atoms with E-state index in [1.165, 1.54) is 0 Å². The van der Waals surface area contributed by atoms with Crippen LogP contribution in [-0.4, -0.2) is 31.1 Å². The minimum absolute atomic E-state index is 0.0119. The maximum absolute atomic E-state index is 13.1. The molecule has 5 nitrogen and oxygen atoms in total. The molecule has 0 fully saturated rings. The second-order valence-electron chi connectivity index (χ2n) is 6.86. The van der Waals surface area contributed by atoms with Crippen molar-refractivity contribution in [2.45, 2.75) is 19.9 Å². The van der Waals surface area contributed by atoms with Crippen LogP contribution in [0.5, 0.6) is 11.5 Å². The van der Waals surface area contributed by atoms with Gasteiger partial charge in [0.05, 0.1) is 13.7 Å². The molecule has 28 heavy (non-hydrogen) atoms. The molecule has 2 aromatic carbocycles. The lowest BCUT2D eigenvalue weighted by atomic mass is 10.1. The number of carbonyl (C=O) groups is 1. The third-order valence-electron chi connectivity index (χ3n) is 4.90. The molecule has 1 aliphatic rings. The number of aryl methyl sites for hydroxylation is 1. The number of hydrogen-bond donors (Lipinski definition) is 0. The molecule has 0 bridgehead atoms. The molecule has 0 spiro atoms. The van der Waals surface area contributed by atoms with E-state index in [1.807, 2.05) is 66.4 Å². The van der Waals surface area contributed by atoms with E-state index >= 15 is 0 Å². The van der Waals surface area contributed by atoms with Gasteiger partial charge in [-0.05, 0) is 43.7 Å². The van der Waals surface area contributed by atoms with E-state index in [1.54, 1.807) is 7.11 Å². The van der Waals surface area contributed by atoms with Crippen molar-refractivity contribution >= 4 is 5.91 Å². The number of amides is 1. The van der Waals surface area contributed by atoms with Crippen molar-refractivity contribution in [1.82, 2.24) is 4.90 Å². The second-order valence-corrected chi connectivity index (χ2v) is 6.86. The Labute approximate surface area is 164 Å². The molecule has 1 aliphatic heterocycles. The van der Waals surface area contributed by atoms with E-state index in [2.05, 4.69) is 0 Å². The van der Waals surface area contributed by atoms with Crippen LogP contribution in [-0.2, 0) is 6.54 Å². The number of ether oxygens (including phenoxy) is 2. The number of hydrogen-bond acceptors (Lipinski definition) is 4. The topological polar surface area (TPSA) is 51.9 Å². The van der Waals surface area contributed by atoms with Crippen LogP contribution in [0.4, 0.5) is 0 Å². The minimum Gasteiger partial charge on any atom is -0.493 e. The van der Waals surface area contributed by atoms with E-state index in [0.717, 1.165) is 34.8 Å². The first kappa shape index (κ1) is 18.2. The third kappa shape index (κ3) is 3.60. The van der Waals surface area contributed by atoms with E-state index in [0.29, 0.717) is 31.0 Å². The lowest BCUT2D eigenvalue weighted by Gasteiger charge is -2.27. The summed E-state index contributed by atoms with van der Waals surface area (Å²) >= 11 is 0. The van der Waals surface area contributed by atoms with Crippen molar-refractivity contribution in [1.29, 1.82) is 0 Å². The number of benzene rings is 2. The van der Waals surface area contributed by atoms with Gasteiger partial charge in [0.1, 0.15) is 11.5 Å². The van der Waals surface area contributed by atoms with Gasteiger partial charge in [0, 0.05) is 29.8 Å². The lowest BCUT2D eigenvalue weighted by Crippen LogP contribution is -2.33. The Balaban J connectivity index is 1.57. The van der Waals surface area contributed by atoms with Gasteiger partial charge in [0.25, 0.3) is 5.91 Å². The van der Waals surface area contributed by atoms with Gasteiger partial charge in [0.15, 0.2) is 11.5 Å². The van der Waals surface area contributed by atoms with Gasteiger partial charge < -0.3 is 18.8 Å². The Kier molecular flexibility index (Phi) is 5.06. The number of carbonyl (C=O) groups excluding carboxylic acids is 1. The van der Waals surface area contributed by atoms with Crippen molar-refractivity contribution in [3.05, 3.63) is 71.5 Å². The summed E-state index contributed by atoms with van der Waals surface area (Å²) in [6.07, 6.45) is 0.771. The Bertz CT molecular complexity index is 975. The highest BCUT2D eigenvalue weighted by Crippen LogP contribution is 2.33. The summed E-state index contributed by atoms with van der Waals surface area (Å²) < 4.78 is 16.9. The molecule has 1 amide bonds. The molecule has 2 heterocycles. The van der Waals surface area contributed by atoms with Crippen molar-refractivity contribution in [2.75, 3.05) is 20.3 Å². The molecule has 3 aromatic rings. The molecular formula is C23H23NO4. The molecule has 0 radical (unpaired) electrons. The van der Waals surface area contributed by atoms with Gasteiger partial charge in [-0.25, -0.2) is 0 Å². The van der Waals surface area contributed by atoms with Gasteiger partial charge in [-0.2, -0.15) is 0 Å².